The number of amides is 2. The van der Waals surface area contributed by atoms with E-state index in [2.05, 4.69) is 15.8 Å². The minimum absolute atomic E-state index is 0.369. The first-order valence-electron chi connectivity index (χ1n) is 7.92. The van der Waals surface area contributed by atoms with E-state index in [0.717, 1.165) is 16.7 Å². The van der Waals surface area contributed by atoms with Crippen LogP contribution in [0.4, 0.5) is 0 Å². The number of carbonyl (C=O) groups is 2. The molecule has 6 heteroatoms. The molecule has 1 aromatic heterocycles. The molecule has 26 heavy (non-hydrogen) atoms. The highest BCUT2D eigenvalue weighted by Gasteiger charge is 2.10. The van der Waals surface area contributed by atoms with Crippen molar-refractivity contribution in [2.45, 2.75) is 6.92 Å². The number of hydrogen-bond acceptors (Lipinski definition) is 3. The third-order valence-electron chi connectivity index (χ3n) is 3.88. The van der Waals surface area contributed by atoms with Gasteiger partial charge in [0.25, 0.3) is 11.8 Å². The summed E-state index contributed by atoms with van der Waals surface area (Å²) in [5, 5.41) is 0.496. The first-order valence-corrected chi connectivity index (χ1v) is 8.30. The molecule has 0 radical (unpaired) electrons. The second kappa shape index (κ2) is 7.80. The number of carbonyl (C=O) groups excluding carboxylic acids is 2. The summed E-state index contributed by atoms with van der Waals surface area (Å²) in [5.74, 6) is -0.841. The van der Waals surface area contributed by atoms with Crippen molar-refractivity contribution in [1.82, 2.24) is 15.8 Å². The Kier molecular flexibility index (Phi) is 5.29. The average Bonchev–Trinajstić information content (AvgIpc) is 2.68. The Hall–Kier alpha value is -3.18. The summed E-state index contributed by atoms with van der Waals surface area (Å²) in [6, 6.07) is 15.8. The SMILES string of the molecule is Cc1ccc(C(=O)NNC(=O)c2ccc(-c3ccncc3)cc2)cc1Cl. The third kappa shape index (κ3) is 4.07. The van der Waals surface area contributed by atoms with Crippen LogP contribution in [0.3, 0.4) is 0 Å². The number of aromatic nitrogens is 1. The lowest BCUT2D eigenvalue weighted by molar-refractivity contribution is 0.0846. The van der Waals surface area contributed by atoms with Crippen molar-refractivity contribution < 1.29 is 9.59 Å². The van der Waals surface area contributed by atoms with Gasteiger partial charge in [-0.1, -0.05) is 29.8 Å². The van der Waals surface area contributed by atoms with Gasteiger partial charge >= 0.3 is 0 Å². The van der Waals surface area contributed by atoms with E-state index in [9.17, 15) is 9.59 Å². The smallest absolute Gasteiger partial charge is 0.267 e. The van der Waals surface area contributed by atoms with Crippen molar-refractivity contribution in [3.05, 3.63) is 88.7 Å². The second-order valence-corrected chi connectivity index (χ2v) is 6.09. The number of benzene rings is 2. The molecule has 5 nitrogen and oxygen atoms in total. The normalized spacial score (nSPS) is 10.2. The van der Waals surface area contributed by atoms with E-state index in [1.807, 2.05) is 31.2 Å². The maximum atomic E-state index is 12.2. The molecule has 0 aliphatic rings. The largest absolute Gasteiger partial charge is 0.269 e. The Bertz CT molecular complexity index is 941. The van der Waals surface area contributed by atoms with Gasteiger partial charge in [0.05, 0.1) is 0 Å². The molecule has 0 saturated carbocycles. The van der Waals surface area contributed by atoms with Gasteiger partial charge in [0.2, 0.25) is 0 Å². The fraction of sp³-hybridized carbons (Fsp3) is 0.0500. The van der Waals surface area contributed by atoms with E-state index in [1.165, 1.54) is 0 Å². The van der Waals surface area contributed by atoms with Crippen molar-refractivity contribution >= 4 is 23.4 Å². The van der Waals surface area contributed by atoms with E-state index in [-0.39, 0.29) is 0 Å². The van der Waals surface area contributed by atoms with Crippen LogP contribution in [0.2, 0.25) is 5.02 Å². The summed E-state index contributed by atoms with van der Waals surface area (Å²) < 4.78 is 0. The molecular formula is C20H16ClN3O2. The lowest BCUT2D eigenvalue weighted by Crippen LogP contribution is -2.41. The molecule has 3 rings (SSSR count). The Morgan fingerprint density at radius 3 is 1.96 bits per heavy atom. The van der Waals surface area contributed by atoms with Gasteiger partial charge in [0, 0.05) is 28.5 Å². The molecule has 0 aliphatic carbocycles. The highest BCUT2D eigenvalue weighted by Crippen LogP contribution is 2.19. The van der Waals surface area contributed by atoms with Crippen LogP contribution in [0, 0.1) is 6.92 Å². The Morgan fingerprint density at radius 1 is 0.808 bits per heavy atom. The summed E-state index contributed by atoms with van der Waals surface area (Å²) in [5.41, 5.74) is 8.45. The van der Waals surface area contributed by atoms with Gasteiger partial charge in [-0.05, 0) is 60.0 Å². The number of pyridine rings is 1. The van der Waals surface area contributed by atoms with Gasteiger partial charge in [-0.3, -0.25) is 25.4 Å². The highest BCUT2D eigenvalue weighted by molar-refractivity contribution is 6.31. The number of nitrogens with one attached hydrogen (secondary N) is 2. The van der Waals surface area contributed by atoms with Crippen LogP contribution >= 0.6 is 11.6 Å². The van der Waals surface area contributed by atoms with Crippen LogP contribution in [0.25, 0.3) is 11.1 Å². The molecule has 130 valence electrons. The average molecular weight is 366 g/mol. The standard InChI is InChI=1S/C20H16ClN3O2/c1-13-2-3-17(12-18(13)21)20(26)24-23-19(25)16-6-4-14(5-7-16)15-8-10-22-11-9-15/h2-12H,1H3,(H,23,25)(H,24,26). The molecule has 0 atom stereocenters. The summed E-state index contributed by atoms with van der Waals surface area (Å²) in [7, 11) is 0. The molecular weight excluding hydrogens is 350 g/mol. The molecule has 2 N–H and O–H groups in total. The van der Waals surface area contributed by atoms with Crippen molar-refractivity contribution in [2.75, 3.05) is 0 Å². The molecule has 0 aliphatic heterocycles. The highest BCUT2D eigenvalue weighted by atomic mass is 35.5. The van der Waals surface area contributed by atoms with E-state index in [1.54, 1.807) is 42.7 Å². The molecule has 0 spiro atoms. The van der Waals surface area contributed by atoms with E-state index in [4.69, 9.17) is 11.6 Å². The fourth-order valence-electron chi connectivity index (χ4n) is 2.35. The molecule has 2 amide bonds. The predicted molar refractivity (Wildman–Crippen MR) is 101 cm³/mol. The number of hydrazine groups is 1. The van der Waals surface area contributed by atoms with Crippen LogP contribution in [0.5, 0.6) is 0 Å². The van der Waals surface area contributed by atoms with Crippen LogP contribution in [0.1, 0.15) is 26.3 Å². The maximum Gasteiger partial charge on any atom is 0.269 e. The van der Waals surface area contributed by atoms with Gasteiger partial charge in [0.15, 0.2) is 0 Å². The topological polar surface area (TPSA) is 71.1 Å². The molecule has 0 fully saturated rings. The van der Waals surface area contributed by atoms with Crippen molar-refractivity contribution in [3.63, 3.8) is 0 Å². The summed E-state index contributed by atoms with van der Waals surface area (Å²) in [6.45, 7) is 1.85. The number of nitrogens with zero attached hydrogens (tertiary/aromatic N) is 1. The van der Waals surface area contributed by atoms with Gasteiger partial charge in [-0.25, -0.2) is 0 Å². The van der Waals surface area contributed by atoms with E-state index in [0.29, 0.717) is 16.1 Å². The monoisotopic (exact) mass is 365 g/mol. The van der Waals surface area contributed by atoms with Crippen LogP contribution in [0.15, 0.2) is 67.0 Å². The zero-order valence-electron chi connectivity index (χ0n) is 14.0. The minimum atomic E-state index is -0.436. The lowest BCUT2D eigenvalue weighted by Gasteiger charge is -2.09. The lowest BCUT2D eigenvalue weighted by atomic mass is 10.1. The van der Waals surface area contributed by atoms with Crippen molar-refractivity contribution in [2.24, 2.45) is 0 Å². The number of hydrogen-bond donors (Lipinski definition) is 2. The molecule has 0 saturated heterocycles. The first kappa shape index (κ1) is 17.6. The molecule has 0 unspecified atom stereocenters. The Balaban J connectivity index is 1.63. The van der Waals surface area contributed by atoms with Gasteiger partial charge in [-0.15, -0.1) is 0 Å². The first-order chi connectivity index (χ1) is 12.5. The zero-order chi connectivity index (χ0) is 18.5. The van der Waals surface area contributed by atoms with Gasteiger partial charge < -0.3 is 0 Å². The summed E-state index contributed by atoms with van der Waals surface area (Å²) in [4.78, 5) is 28.3. The summed E-state index contributed by atoms with van der Waals surface area (Å²) >= 11 is 6.01. The molecule has 0 bridgehead atoms. The Morgan fingerprint density at radius 2 is 1.35 bits per heavy atom. The number of rotatable bonds is 3. The quantitative estimate of drug-likeness (QED) is 0.694. The van der Waals surface area contributed by atoms with E-state index < -0.39 is 11.8 Å². The second-order valence-electron chi connectivity index (χ2n) is 5.69. The minimum Gasteiger partial charge on any atom is -0.267 e. The molecule has 3 aromatic rings. The van der Waals surface area contributed by atoms with Crippen LogP contribution < -0.4 is 10.9 Å². The molecule has 2 aromatic carbocycles. The third-order valence-corrected chi connectivity index (χ3v) is 4.29. The van der Waals surface area contributed by atoms with Crippen molar-refractivity contribution in [3.8, 4) is 11.1 Å². The van der Waals surface area contributed by atoms with E-state index >= 15 is 0 Å². The molecule has 1 heterocycles. The zero-order valence-corrected chi connectivity index (χ0v) is 14.7. The van der Waals surface area contributed by atoms with Crippen LogP contribution in [-0.2, 0) is 0 Å². The number of aryl methyl sites for hydroxylation is 1. The predicted octanol–water partition coefficient (Wildman–Crippen LogP) is 3.79. The number of halogens is 1. The van der Waals surface area contributed by atoms with Crippen LogP contribution in [-0.4, -0.2) is 16.8 Å². The fourth-order valence-corrected chi connectivity index (χ4v) is 2.53. The summed E-state index contributed by atoms with van der Waals surface area (Å²) in [6.07, 6.45) is 3.42. The Labute approximate surface area is 156 Å². The van der Waals surface area contributed by atoms with Crippen molar-refractivity contribution in [1.29, 1.82) is 0 Å². The maximum absolute atomic E-state index is 12.2. The van der Waals surface area contributed by atoms with Gasteiger partial charge in [0.1, 0.15) is 0 Å². The van der Waals surface area contributed by atoms with Gasteiger partial charge in [-0.2, -0.15) is 0 Å².